The van der Waals surface area contributed by atoms with Crippen molar-refractivity contribution >= 4 is 17.4 Å². The van der Waals surface area contributed by atoms with Crippen LogP contribution in [-0.2, 0) is 0 Å². The van der Waals surface area contributed by atoms with Gasteiger partial charge in [0, 0.05) is 22.4 Å². The third-order valence-corrected chi connectivity index (χ3v) is 3.83. The van der Waals surface area contributed by atoms with Gasteiger partial charge in [0.05, 0.1) is 0 Å². The van der Waals surface area contributed by atoms with E-state index in [9.17, 15) is 4.39 Å². The van der Waals surface area contributed by atoms with Crippen molar-refractivity contribution in [1.82, 2.24) is 5.32 Å². The molecule has 0 aromatic heterocycles. The van der Waals surface area contributed by atoms with Crippen LogP contribution in [0.3, 0.4) is 0 Å². The highest BCUT2D eigenvalue weighted by atomic mass is 32.2. The number of thioether (sulfide) groups is 1. The smallest absolute Gasteiger partial charge is 0.125 e. The Hall–Kier alpha value is -0.740. The lowest BCUT2D eigenvalue weighted by Gasteiger charge is -2.10. The van der Waals surface area contributed by atoms with Gasteiger partial charge in [-0.05, 0) is 37.6 Å². The Morgan fingerprint density at radius 3 is 3.07 bits per heavy atom. The summed E-state index contributed by atoms with van der Waals surface area (Å²) < 4.78 is 12.8. The Bertz CT molecular complexity index is 337. The molecule has 0 unspecified atom stereocenters. The number of hydrogen-bond donors (Lipinski definition) is 2. The van der Waals surface area contributed by atoms with E-state index >= 15 is 0 Å². The van der Waals surface area contributed by atoms with Gasteiger partial charge in [0.1, 0.15) is 5.82 Å². The first kappa shape index (κ1) is 10.8. The summed E-state index contributed by atoms with van der Waals surface area (Å²) in [5.74, 6) is 0.742. The summed E-state index contributed by atoms with van der Waals surface area (Å²) in [5, 5.41) is 3.42. The molecule has 0 radical (unpaired) electrons. The van der Waals surface area contributed by atoms with Crippen LogP contribution in [0, 0.1) is 5.82 Å². The van der Waals surface area contributed by atoms with Crippen molar-refractivity contribution in [2.45, 2.75) is 23.8 Å². The number of rotatable bonds is 3. The maximum absolute atomic E-state index is 12.8. The van der Waals surface area contributed by atoms with Crippen molar-refractivity contribution < 1.29 is 4.39 Å². The molecule has 1 aromatic rings. The van der Waals surface area contributed by atoms with E-state index in [1.54, 1.807) is 17.8 Å². The molecular weight excluding hydrogens is 211 g/mol. The van der Waals surface area contributed by atoms with Gasteiger partial charge < -0.3 is 11.1 Å². The first-order chi connectivity index (χ1) is 7.25. The maximum Gasteiger partial charge on any atom is 0.125 e. The summed E-state index contributed by atoms with van der Waals surface area (Å²) in [4.78, 5) is 0.977. The molecule has 15 heavy (non-hydrogen) atoms. The van der Waals surface area contributed by atoms with E-state index in [0.717, 1.165) is 17.2 Å². The normalized spacial score (nSPS) is 20.7. The molecule has 4 heteroatoms. The van der Waals surface area contributed by atoms with Crippen LogP contribution in [0.2, 0.25) is 0 Å². The lowest BCUT2D eigenvalue weighted by molar-refractivity contribution is 0.627. The quantitative estimate of drug-likeness (QED) is 0.613. The minimum atomic E-state index is -0.268. The zero-order chi connectivity index (χ0) is 10.7. The van der Waals surface area contributed by atoms with Crippen LogP contribution in [0.1, 0.15) is 12.8 Å². The molecule has 1 heterocycles. The minimum absolute atomic E-state index is 0.268. The van der Waals surface area contributed by atoms with Gasteiger partial charge in [0.15, 0.2) is 0 Å². The van der Waals surface area contributed by atoms with Gasteiger partial charge in [0.2, 0.25) is 0 Å². The van der Waals surface area contributed by atoms with Crippen LogP contribution >= 0.6 is 11.8 Å². The summed E-state index contributed by atoms with van der Waals surface area (Å²) in [7, 11) is 0. The first-order valence-electron chi connectivity index (χ1n) is 5.17. The number of nitrogen functional groups attached to an aromatic ring is 1. The molecule has 1 saturated heterocycles. The van der Waals surface area contributed by atoms with Crippen molar-refractivity contribution in [2.24, 2.45) is 0 Å². The van der Waals surface area contributed by atoms with Gasteiger partial charge in [-0.1, -0.05) is 0 Å². The van der Waals surface area contributed by atoms with Crippen LogP contribution in [-0.4, -0.2) is 18.3 Å². The van der Waals surface area contributed by atoms with Gasteiger partial charge in [0.25, 0.3) is 0 Å². The molecule has 3 N–H and O–H groups in total. The fourth-order valence-corrected chi connectivity index (χ4v) is 2.80. The molecule has 1 aliphatic heterocycles. The van der Waals surface area contributed by atoms with E-state index in [0.29, 0.717) is 11.7 Å². The molecule has 82 valence electrons. The van der Waals surface area contributed by atoms with E-state index in [4.69, 9.17) is 5.73 Å². The second-order valence-corrected chi connectivity index (χ2v) is 4.85. The highest BCUT2D eigenvalue weighted by Gasteiger charge is 2.14. The summed E-state index contributed by atoms with van der Waals surface area (Å²) >= 11 is 1.70. The maximum atomic E-state index is 12.8. The monoisotopic (exact) mass is 226 g/mol. The molecule has 1 aromatic carbocycles. The summed E-state index contributed by atoms with van der Waals surface area (Å²) in [6.07, 6.45) is 2.48. The average Bonchev–Trinajstić information content (AvgIpc) is 2.69. The summed E-state index contributed by atoms with van der Waals surface area (Å²) in [5.41, 5.74) is 6.26. The van der Waals surface area contributed by atoms with Crippen molar-refractivity contribution in [1.29, 1.82) is 0 Å². The zero-order valence-corrected chi connectivity index (χ0v) is 9.32. The van der Waals surface area contributed by atoms with E-state index < -0.39 is 0 Å². The third-order valence-electron chi connectivity index (χ3n) is 2.57. The Labute approximate surface area is 93.4 Å². The number of nitrogens with one attached hydrogen (secondary N) is 1. The number of halogens is 1. The van der Waals surface area contributed by atoms with Crippen molar-refractivity contribution in [3.05, 3.63) is 24.0 Å². The number of hydrogen-bond acceptors (Lipinski definition) is 3. The Morgan fingerprint density at radius 2 is 2.40 bits per heavy atom. The van der Waals surface area contributed by atoms with Crippen molar-refractivity contribution in [2.75, 3.05) is 18.0 Å². The van der Waals surface area contributed by atoms with Gasteiger partial charge in [-0.3, -0.25) is 0 Å². The van der Waals surface area contributed by atoms with E-state index in [2.05, 4.69) is 5.32 Å². The fraction of sp³-hybridized carbons (Fsp3) is 0.455. The van der Waals surface area contributed by atoms with Crippen LogP contribution in [0.25, 0.3) is 0 Å². The molecular formula is C11H15FN2S. The standard InChI is InChI=1S/C11H15FN2S/c12-8-3-4-11(10(13)6-8)15-7-9-2-1-5-14-9/h3-4,6,9,14H,1-2,5,7,13H2/t9-/m0/s1. The molecule has 0 spiro atoms. The molecule has 0 saturated carbocycles. The molecule has 1 atom stereocenters. The van der Waals surface area contributed by atoms with E-state index in [-0.39, 0.29) is 5.82 Å². The van der Waals surface area contributed by atoms with Crippen LogP contribution in [0.15, 0.2) is 23.1 Å². The summed E-state index contributed by atoms with van der Waals surface area (Å²) in [6, 6.07) is 5.18. The van der Waals surface area contributed by atoms with Crippen molar-refractivity contribution in [3.63, 3.8) is 0 Å². The average molecular weight is 226 g/mol. The van der Waals surface area contributed by atoms with Crippen LogP contribution in [0.5, 0.6) is 0 Å². The molecule has 0 amide bonds. The molecule has 1 fully saturated rings. The van der Waals surface area contributed by atoms with Gasteiger partial charge in [-0.2, -0.15) is 0 Å². The predicted octanol–water partition coefficient (Wildman–Crippen LogP) is 2.25. The Morgan fingerprint density at radius 1 is 1.53 bits per heavy atom. The Kier molecular flexibility index (Phi) is 3.49. The van der Waals surface area contributed by atoms with Crippen molar-refractivity contribution in [3.8, 4) is 0 Å². The zero-order valence-electron chi connectivity index (χ0n) is 8.50. The van der Waals surface area contributed by atoms with E-state index in [1.165, 1.54) is 25.0 Å². The fourth-order valence-electron chi connectivity index (χ4n) is 1.74. The molecule has 2 rings (SSSR count). The highest BCUT2D eigenvalue weighted by Crippen LogP contribution is 2.27. The largest absolute Gasteiger partial charge is 0.398 e. The van der Waals surface area contributed by atoms with E-state index in [1.807, 2.05) is 0 Å². The lowest BCUT2D eigenvalue weighted by atomic mass is 10.3. The molecule has 1 aliphatic rings. The van der Waals surface area contributed by atoms with Gasteiger partial charge in [-0.15, -0.1) is 11.8 Å². The second kappa shape index (κ2) is 4.86. The minimum Gasteiger partial charge on any atom is -0.398 e. The lowest BCUT2D eigenvalue weighted by Crippen LogP contribution is -2.23. The molecule has 0 bridgehead atoms. The van der Waals surface area contributed by atoms with Crippen LogP contribution in [0.4, 0.5) is 10.1 Å². The molecule has 2 nitrogen and oxygen atoms in total. The molecule has 0 aliphatic carbocycles. The SMILES string of the molecule is Nc1cc(F)ccc1SC[C@@H]1CCCN1. The van der Waals surface area contributed by atoms with Gasteiger partial charge >= 0.3 is 0 Å². The second-order valence-electron chi connectivity index (χ2n) is 3.79. The van der Waals surface area contributed by atoms with Crippen LogP contribution < -0.4 is 11.1 Å². The number of anilines is 1. The topological polar surface area (TPSA) is 38.0 Å². The Balaban J connectivity index is 1.92. The summed E-state index contributed by atoms with van der Waals surface area (Å²) in [6.45, 7) is 1.12. The number of nitrogens with two attached hydrogens (primary N) is 1. The van der Waals surface area contributed by atoms with Gasteiger partial charge in [-0.25, -0.2) is 4.39 Å². The predicted molar refractivity (Wildman–Crippen MR) is 62.6 cm³/mol. The number of benzene rings is 1. The first-order valence-corrected chi connectivity index (χ1v) is 6.15. The third kappa shape index (κ3) is 2.86. The highest BCUT2D eigenvalue weighted by molar-refractivity contribution is 7.99.